The van der Waals surface area contributed by atoms with E-state index in [9.17, 15) is 15.5 Å². The van der Waals surface area contributed by atoms with Gasteiger partial charge in [0.25, 0.3) is 0 Å². The average molecular weight is 456 g/mol. The van der Waals surface area contributed by atoms with Gasteiger partial charge in [0, 0.05) is 43.8 Å². The van der Waals surface area contributed by atoms with E-state index in [0.29, 0.717) is 35.5 Å². The number of piperidine rings is 1. The molecule has 33 heavy (non-hydrogen) atoms. The molecule has 2 heterocycles. The highest BCUT2D eigenvalue weighted by Crippen LogP contribution is 2.40. The largest absolute Gasteiger partial charge is 0.612 e. The van der Waals surface area contributed by atoms with Crippen LogP contribution < -0.4 is 5.43 Å². The SMILES string of the molecule is CC1=CC(CN2CCC(O)CC2)C(C(C)C)CC1CC1=NNC(=C2C=CC(=[N+]([O-])[O-])C=C2)O1. The molecule has 8 nitrogen and oxygen atoms in total. The van der Waals surface area contributed by atoms with E-state index in [4.69, 9.17) is 4.74 Å². The van der Waals surface area contributed by atoms with E-state index in [1.54, 1.807) is 12.2 Å². The number of allylic oxidation sites excluding steroid dienone is 6. The van der Waals surface area contributed by atoms with Crippen molar-refractivity contribution in [2.75, 3.05) is 19.6 Å². The van der Waals surface area contributed by atoms with Crippen LogP contribution in [-0.4, -0.2) is 52.3 Å². The van der Waals surface area contributed by atoms with Crippen molar-refractivity contribution in [3.05, 3.63) is 57.8 Å². The number of aliphatic hydroxyl groups excluding tert-OH is 1. The summed E-state index contributed by atoms with van der Waals surface area (Å²) in [4.78, 5) is 2.10. The fraction of sp³-hybridized carbons (Fsp3) is 0.600. The Bertz CT molecular complexity index is 901. The second-order valence-electron chi connectivity index (χ2n) is 10.0. The van der Waals surface area contributed by atoms with Crippen LogP contribution in [0.25, 0.3) is 0 Å². The van der Waals surface area contributed by atoms with E-state index in [1.165, 1.54) is 17.7 Å². The second-order valence-corrected chi connectivity index (χ2v) is 10.0. The molecule has 0 amide bonds. The highest BCUT2D eigenvalue weighted by Gasteiger charge is 2.34. The van der Waals surface area contributed by atoms with Crippen LogP contribution in [0.5, 0.6) is 0 Å². The standard InChI is InChI=1S/C25H35N4O4/c1-16(2)23-13-19(17(3)12-20(23)15-28-10-8-22(30)9-11-28)14-24-26-27-25(33-24)18-4-6-21(7-5-18)29(31)32/h4-7,12,16,19-20,22-23,27,30H,8-11,13-15H2,1-3H3/q-1. The smallest absolute Gasteiger partial charge is 0.222 e. The van der Waals surface area contributed by atoms with Gasteiger partial charge in [-0.3, -0.25) is 0 Å². The number of nitrogens with one attached hydrogen (secondary N) is 1. The Hall–Kier alpha value is -2.58. The highest BCUT2D eigenvalue weighted by atomic mass is 16.8. The van der Waals surface area contributed by atoms with Gasteiger partial charge in [-0.05, 0) is 62.0 Å². The van der Waals surface area contributed by atoms with Crippen LogP contribution in [0.1, 0.15) is 46.5 Å². The minimum Gasteiger partial charge on any atom is -0.612 e. The molecule has 1 fully saturated rings. The Morgan fingerprint density at radius 3 is 2.55 bits per heavy atom. The molecule has 0 aromatic heterocycles. The minimum atomic E-state index is -0.412. The zero-order chi connectivity index (χ0) is 23.5. The summed E-state index contributed by atoms with van der Waals surface area (Å²) in [5.41, 5.74) is 5.13. The van der Waals surface area contributed by atoms with Crippen molar-refractivity contribution in [3.63, 3.8) is 0 Å². The summed E-state index contributed by atoms with van der Waals surface area (Å²) >= 11 is 0. The minimum absolute atomic E-state index is 0.0523. The van der Waals surface area contributed by atoms with Crippen LogP contribution in [0.4, 0.5) is 0 Å². The lowest BCUT2D eigenvalue weighted by Gasteiger charge is -2.40. The van der Waals surface area contributed by atoms with Crippen molar-refractivity contribution in [2.24, 2.45) is 28.8 Å². The van der Waals surface area contributed by atoms with Crippen LogP contribution in [0.15, 0.2) is 52.5 Å². The molecule has 3 atom stereocenters. The Morgan fingerprint density at radius 1 is 1.21 bits per heavy atom. The van der Waals surface area contributed by atoms with Crippen molar-refractivity contribution >= 4 is 11.6 Å². The van der Waals surface area contributed by atoms with Crippen molar-refractivity contribution in [1.82, 2.24) is 10.3 Å². The van der Waals surface area contributed by atoms with Gasteiger partial charge in [0.15, 0.2) is 0 Å². The quantitative estimate of drug-likeness (QED) is 0.374. The van der Waals surface area contributed by atoms with Gasteiger partial charge in [0.05, 0.1) is 6.10 Å². The van der Waals surface area contributed by atoms with E-state index < -0.39 is 4.90 Å². The first-order valence-corrected chi connectivity index (χ1v) is 12.0. The molecular formula is C25H35N4O4-. The van der Waals surface area contributed by atoms with Crippen LogP contribution in [0.2, 0.25) is 0 Å². The summed E-state index contributed by atoms with van der Waals surface area (Å²) in [6, 6.07) is 0. The van der Waals surface area contributed by atoms with Gasteiger partial charge in [0.2, 0.25) is 17.5 Å². The summed E-state index contributed by atoms with van der Waals surface area (Å²) in [6.07, 6.45) is 12.2. The molecule has 2 aliphatic carbocycles. The molecule has 0 spiro atoms. The molecule has 4 rings (SSSR count). The van der Waals surface area contributed by atoms with Gasteiger partial charge >= 0.3 is 0 Å². The number of hydrazone groups is 1. The lowest BCUT2D eigenvalue weighted by molar-refractivity contribution is -0.377. The van der Waals surface area contributed by atoms with Crippen LogP contribution >= 0.6 is 0 Å². The number of hydrogen-bond acceptors (Lipinski definition) is 7. The fourth-order valence-corrected chi connectivity index (χ4v) is 5.32. The fourth-order valence-electron chi connectivity index (χ4n) is 5.32. The molecular weight excluding hydrogens is 420 g/mol. The van der Waals surface area contributed by atoms with Crippen molar-refractivity contribution in [1.29, 1.82) is 0 Å². The van der Waals surface area contributed by atoms with Crippen LogP contribution in [0.3, 0.4) is 0 Å². The van der Waals surface area contributed by atoms with Gasteiger partial charge in [-0.25, -0.2) is 5.43 Å². The summed E-state index contributed by atoms with van der Waals surface area (Å²) in [6.45, 7) is 9.88. The molecule has 8 heteroatoms. The summed E-state index contributed by atoms with van der Waals surface area (Å²) in [5, 5.41) is 35.9. The maximum absolute atomic E-state index is 10.9. The maximum atomic E-state index is 10.9. The van der Waals surface area contributed by atoms with Gasteiger partial charge in [-0.1, -0.05) is 25.5 Å². The van der Waals surface area contributed by atoms with E-state index in [2.05, 4.69) is 42.3 Å². The Kier molecular flexibility index (Phi) is 7.24. The zero-order valence-electron chi connectivity index (χ0n) is 19.7. The number of hydrogen-bond donors (Lipinski definition) is 2. The Balaban J connectivity index is 1.39. The molecule has 3 unspecified atom stereocenters. The third-order valence-electron chi connectivity index (χ3n) is 7.37. The third-order valence-corrected chi connectivity index (χ3v) is 7.37. The first-order chi connectivity index (χ1) is 15.8. The first-order valence-electron chi connectivity index (χ1n) is 12.0. The van der Waals surface area contributed by atoms with Gasteiger partial charge in [-0.2, -0.15) is 4.90 Å². The predicted octanol–water partition coefficient (Wildman–Crippen LogP) is 3.41. The molecule has 0 aromatic rings. The zero-order valence-corrected chi connectivity index (χ0v) is 19.7. The normalized spacial score (nSPS) is 28.6. The number of aliphatic hydroxyl groups is 1. The highest BCUT2D eigenvalue weighted by molar-refractivity contribution is 6.02. The number of rotatable bonds is 5. The third kappa shape index (κ3) is 5.68. The predicted molar refractivity (Wildman–Crippen MR) is 129 cm³/mol. The monoisotopic (exact) mass is 455 g/mol. The number of nitrogens with zero attached hydrogens (tertiary/aromatic N) is 3. The summed E-state index contributed by atoms with van der Waals surface area (Å²) < 4.78 is 5.98. The number of ether oxygens (including phenoxy) is 1. The summed E-state index contributed by atoms with van der Waals surface area (Å²) in [7, 11) is 0. The van der Waals surface area contributed by atoms with Gasteiger partial charge in [-0.15, -0.1) is 5.10 Å². The van der Waals surface area contributed by atoms with Crippen LogP contribution in [0, 0.1) is 34.1 Å². The second kappa shape index (κ2) is 10.1. The van der Waals surface area contributed by atoms with E-state index >= 15 is 0 Å². The Labute approximate surface area is 195 Å². The van der Waals surface area contributed by atoms with Gasteiger partial charge in [0.1, 0.15) is 0 Å². The molecule has 180 valence electrons. The molecule has 0 radical (unpaired) electrons. The average Bonchev–Trinajstić information content (AvgIpc) is 3.25. The lowest BCUT2D eigenvalue weighted by Crippen LogP contribution is -2.42. The first kappa shape index (κ1) is 23.6. The molecule has 0 bridgehead atoms. The number of likely N-dealkylation sites (tertiary alicyclic amines) is 1. The molecule has 0 aromatic carbocycles. The Morgan fingerprint density at radius 2 is 1.91 bits per heavy atom. The van der Waals surface area contributed by atoms with Crippen LogP contribution in [-0.2, 0) is 4.74 Å². The topological polar surface area (TPSA) is 106 Å². The maximum Gasteiger partial charge on any atom is 0.222 e. The van der Waals surface area contributed by atoms with E-state index in [1.807, 2.05) is 0 Å². The van der Waals surface area contributed by atoms with E-state index in [-0.39, 0.29) is 11.8 Å². The van der Waals surface area contributed by atoms with Crippen molar-refractivity contribution in [3.8, 4) is 0 Å². The molecule has 2 N–H and O–H groups in total. The van der Waals surface area contributed by atoms with E-state index in [0.717, 1.165) is 50.9 Å². The summed E-state index contributed by atoms with van der Waals surface area (Å²) in [5.74, 6) is 3.27. The molecule has 2 aliphatic heterocycles. The molecule has 1 saturated heterocycles. The van der Waals surface area contributed by atoms with Gasteiger partial charge < -0.3 is 25.2 Å². The van der Waals surface area contributed by atoms with Crippen molar-refractivity contribution in [2.45, 2.75) is 52.6 Å². The lowest BCUT2D eigenvalue weighted by atomic mass is 9.69. The molecule has 4 aliphatic rings. The van der Waals surface area contributed by atoms with Crippen molar-refractivity contribution < 1.29 is 14.7 Å². The molecule has 0 saturated carbocycles.